The van der Waals surface area contributed by atoms with Crippen LogP contribution in [0.4, 0.5) is 38.7 Å². The molecule has 3 amide bonds. The Balaban J connectivity index is 1.27. The number of likely N-dealkylation sites (tertiary alicyclic amines) is 1. The quantitative estimate of drug-likeness (QED) is 0.273. The number of ether oxygens (including phenoxy) is 1. The van der Waals surface area contributed by atoms with E-state index in [1.165, 1.54) is 29.2 Å². The van der Waals surface area contributed by atoms with Crippen molar-refractivity contribution < 1.29 is 31.9 Å². The predicted molar refractivity (Wildman–Crippen MR) is 169 cm³/mol. The molecule has 2 fully saturated rings. The van der Waals surface area contributed by atoms with Gasteiger partial charge >= 0.3 is 18.3 Å². The molecule has 2 saturated heterocycles. The van der Waals surface area contributed by atoms with Crippen molar-refractivity contribution in [3.8, 4) is 0 Å². The lowest BCUT2D eigenvalue weighted by Crippen LogP contribution is -2.54. The van der Waals surface area contributed by atoms with Gasteiger partial charge in [0, 0.05) is 44.0 Å². The van der Waals surface area contributed by atoms with Gasteiger partial charge in [0.1, 0.15) is 11.4 Å². The maximum atomic E-state index is 14.7. The van der Waals surface area contributed by atoms with Gasteiger partial charge in [-0.3, -0.25) is 9.58 Å². The summed E-state index contributed by atoms with van der Waals surface area (Å²) in [5.41, 5.74) is 0.641. The maximum Gasteiger partial charge on any atom is 0.416 e. The number of piperidine rings is 1. The number of halogens is 4. The summed E-state index contributed by atoms with van der Waals surface area (Å²) in [5, 5.41) is 4.76. The van der Waals surface area contributed by atoms with E-state index in [1.54, 1.807) is 41.3 Å². The van der Waals surface area contributed by atoms with Crippen molar-refractivity contribution in [2.75, 3.05) is 36.0 Å². The van der Waals surface area contributed by atoms with E-state index in [0.29, 0.717) is 56.9 Å². The summed E-state index contributed by atoms with van der Waals surface area (Å²) in [6.45, 7) is 9.11. The van der Waals surface area contributed by atoms with E-state index < -0.39 is 29.5 Å². The Morgan fingerprint density at radius 3 is 2.36 bits per heavy atom. The van der Waals surface area contributed by atoms with Crippen molar-refractivity contribution in [3.63, 3.8) is 0 Å². The van der Waals surface area contributed by atoms with Crippen LogP contribution in [0, 0.1) is 12.7 Å². The van der Waals surface area contributed by atoms with Gasteiger partial charge in [0.25, 0.3) is 0 Å². The third kappa shape index (κ3) is 6.75. The highest BCUT2D eigenvalue weighted by atomic mass is 19.4. The van der Waals surface area contributed by atoms with Crippen LogP contribution in [0.5, 0.6) is 0 Å². The molecule has 6 rings (SSSR count). The molecule has 0 aliphatic carbocycles. The van der Waals surface area contributed by atoms with Crippen molar-refractivity contribution in [2.24, 2.45) is 0 Å². The number of urea groups is 1. The molecule has 3 aliphatic heterocycles. The van der Waals surface area contributed by atoms with Gasteiger partial charge in [-0.05, 0) is 70.2 Å². The number of rotatable bonds is 5. The number of benzene rings is 2. The molecule has 1 aromatic heterocycles. The molecule has 0 saturated carbocycles. The summed E-state index contributed by atoms with van der Waals surface area (Å²) in [6, 6.07) is 9.45. The minimum atomic E-state index is -4.59. The topological polar surface area (TPSA) is 74.2 Å². The number of nitrogens with zero attached hydrogens (tertiary/aromatic N) is 6. The molecular formula is C34H40F4N6O3. The van der Waals surface area contributed by atoms with Gasteiger partial charge in [0.05, 0.1) is 30.4 Å². The van der Waals surface area contributed by atoms with Crippen LogP contribution >= 0.6 is 0 Å². The molecule has 9 nitrogen and oxygen atoms in total. The Morgan fingerprint density at radius 1 is 0.979 bits per heavy atom. The molecule has 13 heteroatoms. The predicted octanol–water partition coefficient (Wildman–Crippen LogP) is 7.14. The van der Waals surface area contributed by atoms with Crippen LogP contribution in [0.25, 0.3) is 0 Å². The van der Waals surface area contributed by atoms with Crippen molar-refractivity contribution >= 4 is 23.6 Å². The number of fused-ring (bicyclic) bond motifs is 1. The first-order valence-electron chi connectivity index (χ1n) is 16.0. The highest BCUT2D eigenvalue weighted by Crippen LogP contribution is 2.38. The highest BCUT2D eigenvalue weighted by molar-refractivity contribution is 5.94. The first-order chi connectivity index (χ1) is 22.2. The van der Waals surface area contributed by atoms with Crippen LogP contribution < -0.4 is 9.80 Å². The van der Waals surface area contributed by atoms with Crippen LogP contribution in [0.2, 0.25) is 0 Å². The van der Waals surface area contributed by atoms with Gasteiger partial charge < -0.3 is 19.4 Å². The summed E-state index contributed by atoms with van der Waals surface area (Å²) < 4.78 is 64.0. The van der Waals surface area contributed by atoms with Gasteiger partial charge in [-0.15, -0.1) is 0 Å². The van der Waals surface area contributed by atoms with Crippen molar-refractivity contribution in [1.82, 2.24) is 19.6 Å². The Labute approximate surface area is 271 Å². The summed E-state index contributed by atoms with van der Waals surface area (Å²) >= 11 is 0. The number of para-hydroxylation sites is 1. The Kier molecular flexibility index (Phi) is 8.60. The molecule has 0 bridgehead atoms. The Hall–Kier alpha value is -4.29. The van der Waals surface area contributed by atoms with E-state index in [4.69, 9.17) is 9.84 Å². The maximum absolute atomic E-state index is 14.7. The molecule has 3 aromatic rings. The molecule has 0 spiro atoms. The number of carbonyl (C=O) groups excluding carboxylic acids is 2. The number of amides is 3. The zero-order valence-electron chi connectivity index (χ0n) is 27.1. The lowest BCUT2D eigenvalue weighted by atomic mass is 10.00. The molecule has 0 N–H and O–H groups in total. The largest absolute Gasteiger partial charge is 0.444 e. The summed E-state index contributed by atoms with van der Waals surface area (Å²) in [6.07, 6.45) is -1.40. The van der Waals surface area contributed by atoms with Crippen LogP contribution in [0.3, 0.4) is 0 Å². The summed E-state index contributed by atoms with van der Waals surface area (Å²) in [4.78, 5) is 33.6. The van der Waals surface area contributed by atoms with Crippen molar-refractivity contribution in [1.29, 1.82) is 0 Å². The average Bonchev–Trinajstić information content (AvgIpc) is 3.66. The SMILES string of the molecule is Cc1cccc(F)c1N1CCC(N2Cc3cn(C4CCN(C(=O)OC(C)(C)C)C4)nc3N(Cc3ccccc3C(F)(F)F)C2=O)CC1. The minimum absolute atomic E-state index is 0.0301. The number of aromatic nitrogens is 2. The molecule has 0 radical (unpaired) electrons. The molecule has 47 heavy (non-hydrogen) atoms. The fourth-order valence-electron chi connectivity index (χ4n) is 6.85. The van der Waals surface area contributed by atoms with Crippen molar-refractivity contribution in [2.45, 2.75) is 83.9 Å². The molecule has 252 valence electrons. The molecule has 3 aliphatic rings. The van der Waals surface area contributed by atoms with Gasteiger partial charge in [-0.2, -0.15) is 18.3 Å². The van der Waals surface area contributed by atoms with Gasteiger partial charge in [0.15, 0.2) is 5.82 Å². The second-order valence-corrected chi connectivity index (χ2v) is 13.6. The highest BCUT2D eigenvalue weighted by Gasteiger charge is 2.41. The minimum Gasteiger partial charge on any atom is -0.444 e. The summed E-state index contributed by atoms with van der Waals surface area (Å²) in [7, 11) is 0. The average molecular weight is 657 g/mol. The molecule has 2 aromatic carbocycles. The lowest BCUT2D eigenvalue weighted by molar-refractivity contribution is -0.138. The van der Waals surface area contributed by atoms with E-state index in [2.05, 4.69) is 0 Å². The Bertz CT molecular complexity index is 1620. The summed E-state index contributed by atoms with van der Waals surface area (Å²) in [5.74, 6) is 0.0274. The zero-order valence-corrected chi connectivity index (χ0v) is 27.1. The van der Waals surface area contributed by atoms with Crippen LogP contribution in [0.15, 0.2) is 48.7 Å². The number of carbonyl (C=O) groups is 2. The van der Waals surface area contributed by atoms with E-state index in [-0.39, 0.29) is 36.6 Å². The van der Waals surface area contributed by atoms with Crippen LogP contribution in [0.1, 0.15) is 68.3 Å². The number of alkyl halides is 3. The molecule has 1 atom stereocenters. The number of hydrogen-bond acceptors (Lipinski definition) is 5. The van der Waals surface area contributed by atoms with Crippen LogP contribution in [-0.4, -0.2) is 69.5 Å². The first kappa shape index (κ1) is 32.6. The molecular weight excluding hydrogens is 616 g/mol. The van der Waals surface area contributed by atoms with E-state index in [9.17, 15) is 27.2 Å². The van der Waals surface area contributed by atoms with E-state index in [1.807, 2.05) is 24.1 Å². The third-order valence-corrected chi connectivity index (χ3v) is 9.11. The fourth-order valence-corrected chi connectivity index (χ4v) is 6.85. The number of anilines is 2. The first-order valence-corrected chi connectivity index (χ1v) is 16.0. The van der Waals surface area contributed by atoms with Gasteiger partial charge in [0.2, 0.25) is 0 Å². The standard InChI is InChI=1S/C34H40F4N6O3/c1-22-8-7-11-28(35)29(22)40-15-12-25(13-16-40)42-19-24-20-44(26-14-17-41(21-26)32(46)47-33(2,3)4)39-30(24)43(31(42)45)18-23-9-5-6-10-27(23)34(36,37)38/h5-11,20,25-26H,12-19,21H2,1-4H3. The smallest absolute Gasteiger partial charge is 0.416 e. The molecule has 1 unspecified atom stereocenters. The lowest BCUT2D eigenvalue weighted by Gasteiger charge is -2.43. The monoisotopic (exact) mass is 656 g/mol. The fraction of sp³-hybridized carbons (Fsp3) is 0.500. The van der Waals surface area contributed by atoms with Crippen molar-refractivity contribution in [3.05, 3.63) is 76.7 Å². The van der Waals surface area contributed by atoms with Gasteiger partial charge in [-0.25, -0.2) is 14.0 Å². The van der Waals surface area contributed by atoms with E-state index >= 15 is 0 Å². The molecule has 4 heterocycles. The zero-order chi connectivity index (χ0) is 33.7. The second kappa shape index (κ2) is 12.4. The third-order valence-electron chi connectivity index (χ3n) is 9.11. The van der Waals surface area contributed by atoms with Crippen LogP contribution in [-0.2, 0) is 24.0 Å². The second-order valence-electron chi connectivity index (χ2n) is 13.6. The normalized spacial score (nSPS) is 19.4. The Morgan fingerprint density at radius 2 is 1.68 bits per heavy atom. The van der Waals surface area contributed by atoms with E-state index in [0.717, 1.165) is 17.2 Å². The van der Waals surface area contributed by atoms with Gasteiger partial charge in [-0.1, -0.05) is 30.3 Å². The number of aryl methyl sites for hydroxylation is 1. The number of hydrogen-bond donors (Lipinski definition) is 0.